The van der Waals surface area contributed by atoms with E-state index in [9.17, 15) is 4.57 Å². The molecule has 0 aliphatic carbocycles. The van der Waals surface area contributed by atoms with Gasteiger partial charge in [0.05, 0.1) is 0 Å². The van der Waals surface area contributed by atoms with E-state index in [0.29, 0.717) is 6.61 Å². The number of unbranched alkanes of at least 4 members (excludes halogenated alkanes) is 11. The zero-order valence-corrected chi connectivity index (χ0v) is 13.4. The summed E-state index contributed by atoms with van der Waals surface area (Å²) in [6.45, 7) is 4.56. The molecule has 0 saturated carbocycles. The van der Waals surface area contributed by atoms with Crippen molar-refractivity contribution in [3.8, 4) is 0 Å². The van der Waals surface area contributed by atoms with Gasteiger partial charge in [0.1, 0.15) is 6.61 Å². The molecule has 0 amide bonds. The van der Waals surface area contributed by atoms with Crippen molar-refractivity contribution in [2.24, 2.45) is 0 Å². The van der Waals surface area contributed by atoms with Gasteiger partial charge >= 0.3 is 8.03 Å². The van der Waals surface area contributed by atoms with Gasteiger partial charge in [0.25, 0.3) is 0 Å². The van der Waals surface area contributed by atoms with Crippen molar-refractivity contribution < 1.29 is 9.09 Å². The molecule has 0 N–H and O–H groups in total. The molecular formula is C15H32O2P+. The van der Waals surface area contributed by atoms with E-state index in [1.165, 1.54) is 70.6 Å². The minimum atomic E-state index is -1.39. The molecule has 1 unspecified atom stereocenters. The first-order valence-corrected chi connectivity index (χ1v) is 9.43. The molecule has 1 atom stereocenters. The van der Waals surface area contributed by atoms with Gasteiger partial charge in [-0.2, -0.15) is 0 Å². The second kappa shape index (κ2) is 15.1. The Bertz CT molecular complexity index is 183. The van der Waals surface area contributed by atoms with E-state index in [1.54, 1.807) is 6.66 Å². The van der Waals surface area contributed by atoms with Gasteiger partial charge in [0.2, 0.25) is 0 Å². The Morgan fingerprint density at radius 3 is 1.50 bits per heavy atom. The van der Waals surface area contributed by atoms with Gasteiger partial charge in [-0.1, -0.05) is 77.6 Å². The fourth-order valence-electron chi connectivity index (χ4n) is 2.14. The summed E-state index contributed by atoms with van der Waals surface area (Å²) in [5.74, 6) is 0. The highest BCUT2D eigenvalue weighted by Crippen LogP contribution is 2.16. The van der Waals surface area contributed by atoms with Gasteiger partial charge in [0, 0.05) is 0 Å². The SMILES string of the molecule is CCCCCCCCCCCCCCO[P+](C)=O. The average molecular weight is 275 g/mol. The summed E-state index contributed by atoms with van der Waals surface area (Å²) in [7, 11) is -1.39. The van der Waals surface area contributed by atoms with Crippen LogP contribution in [0.3, 0.4) is 0 Å². The van der Waals surface area contributed by atoms with E-state index in [0.717, 1.165) is 6.42 Å². The van der Waals surface area contributed by atoms with Crippen LogP contribution in [0.15, 0.2) is 0 Å². The van der Waals surface area contributed by atoms with E-state index in [1.807, 2.05) is 0 Å². The van der Waals surface area contributed by atoms with E-state index in [2.05, 4.69) is 6.92 Å². The lowest BCUT2D eigenvalue weighted by molar-refractivity contribution is 0.318. The fraction of sp³-hybridized carbons (Fsp3) is 1.00. The molecule has 0 aliphatic heterocycles. The monoisotopic (exact) mass is 275 g/mol. The molecule has 0 aliphatic rings. The molecule has 0 aromatic rings. The molecule has 108 valence electrons. The summed E-state index contributed by atoms with van der Waals surface area (Å²) in [6, 6.07) is 0. The lowest BCUT2D eigenvalue weighted by Crippen LogP contribution is -1.87. The first kappa shape index (κ1) is 18.1. The second-order valence-electron chi connectivity index (χ2n) is 5.16. The first-order valence-electron chi connectivity index (χ1n) is 7.81. The zero-order valence-electron chi connectivity index (χ0n) is 12.5. The lowest BCUT2D eigenvalue weighted by Gasteiger charge is -2.01. The topological polar surface area (TPSA) is 26.3 Å². The van der Waals surface area contributed by atoms with E-state index in [-0.39, 0.29) is 0 Å². The van der Waals surface area contributed by atoms with Crippen molar-refractivity contribution in [1.82, 2.24) is 0 Å². The Hall–Kier alpha value is 0.0600. The van der Waals surface area contributed by atoms with Gasteiger partial charge in [-0.25, -0.2) is 0 Å². The van der Waals surface area contributed by atoms with E-state index < -0.39 is 8.03 Å². The summed E-state index contributed by atoms with van der Waals surface area (Å²) < 4.78 is 15.7. The van der Waals surface area contributed by atoms with Gasteiger partial charge in [-0.05, 0) is 11.0 Å². The molecule has 0 heterocycles. The highest BCUT2D eigenvalue weighted by Gasteiger charge is 2.04. The third-order valence-electron chi connectivity index (χ3n) is 3.27. The van der Waals surface area contributed by atoms with Gasteiger partial charge < -0.3 is 0 Å². The molecule has 0 bridgehead atoms. The number of hydrogen-bond acceptors (Lipinski definition) is 2. The van der Waals surface area contributed by atoms with Crippen LogP contribution in [0.25, 0.3) is 0 Å². The summed E-state index contributed by atoms with van der Waals surface area (Å²) in [5.41, 5.74) is 0. The summed E-state index contributed by atoms with van der Waals surface area (Å²) in [6.07, 6.45) is 16.2. The molecule has 0 saturated heterocycles. The largest absolute Gasteiger partial charge is 0.504 e. The van der Waals surface area contributed by atoms with Crippen LogP contribution in [0.1, 0.15) is 84.0 Å². The van der Waals surface area contributed by atoms with Crippen LogP contribution in [0.5, 0.6) is 0 Å². The standard InChI is InChI=1S/C15H32O2P/c1-3-4-5-6-7-8-9-10-11-12-13-14-15-17-18(2)16/h3-15H2,1-2H3/q+1. The summed E-state index contributed by atoms with van der Waals surface area (Å²) >= 11 is 0. The molecule has 0 spiro atoms. The maximum atomic E-state index is 10.7. The molecule has 0 fully saturated rings. The van der Waals surface area contributed by atoms with Crippen LogP contribution in [0, 0.1) is 0 Å². The second-order valence-corrected chi connectivity index (χ2v) is 6.30. The zero-order chi connectivity index (χ0) is 13.5. The van der Waals surface area contributed by atoms with Crippen LogP contribution >= 0.6 is 8.03 Å². The molecule has 0 aromatic carbocycles. The smallest absolute Gasteiger partial charge is 0.147 e. The minimum Gasteiger partial charge on any atom is -0.147 e. The molecule has 3 heteroatoms. The predicted octanol–water partition coefficient (Wildman–Crippen LogP) is 6.08. The highest BCUT2D eigenvalue weighted by molar-refractivity contribution is 7.38. The quantitative estimate of drug-likeness (QED) is 0.284. The molecule has 2 nitrogen and oxygen atoms in total. The maximum absolute atomic E-state index is 10.7. The molecular weight excluding hydrogens is 243 g/mol. The first-order chi connectivity index (χ1) is 8.77. The Morgan fingerprint density at radius 1 is 0.722 bits per heavy atom. The van der Waals surface area contributed by atoms with Crippen molar-refractivity contribution in [3.05, 3.63) is 0 Å². The average Bonchev–Trinajstić information content (AvgIpc) is 2.34. The van der Waals surface area contributed by atoms with Crippen LogP contribution in [0.4, 0.5) is 0 Å². The Balaban J connectivity index is 2.92. The van der Waals surface area contributed by atoms with E-state index in [4.69, 9.17) is 4.52 Å². The van der Waals surface area contributed by atoms with Crippen LogP contribution in [-0.2, 0) is 9.09 Å². The van der Waals surface area contributed by atoms with Crippen molar-refractivity contribution in [2.45, 2.75) is 84.0 Å². The van der Waals surface area contributed by atoms with Crippen LogP contribution < -0.4 is 0 Å². The van der Waals surface area contributed by atoms with Gasteiger partial charge in [0.15, 0.2) is 6.66 Å². The molecule has 0 radical (unpaired) electrons. The van der Waals surface area contributed by atoms with Crippen molar-refractivity contribution in [3.63, 3.8) is 0 Å². The number of rotatable bonds is 14. The lowest BCUT2D eigenvalue weighted by atomic mass is 10.1. The summed E-state index contributed by atoms with van der Waals surface area (Å²) in [5, 5.41) is 0. The Morgan fingerprint density at radius 2 is 1.11 bits per heavy atom. The molecule has 18 heavy (non-hydrogen) atoms. The molecule has 0 rings (SSSR count). The van der Waals surface area contributed by atoms with Crippen molar-refractivity contribution >= 4 is 8.03 Å². The normalized spacial score (nSPS) is 11.8. The Labute approximate surface area is 115 Å². The minimum absolute atomic E-state index is 0.670. The number of hydrogen-bond donors (Lipinski definition) is 0. The van der Waals surface area contributed by atoms with Crippen LogP contribution in [-0.4, -0.2) is 13.3 Å². The Kier molecular flexibility index (Phi) is 15.2. The van der Waals surface area contributed by atoms with Crippen molar-refractivity contribution in [2.75, 3.05) is 13.3 Å². The van der Waals surface area contributed by atoms with Gasteiger partial charge in [-0.3, -0.25) is 0 Å². The molecule has 0 aromatic heterocycles. The highest BCUT2D eigenvalue weighted by atomic mass is 31.1. The van der Waals surface area contributed by atoms with E-state index >= 15 is 0 Å². The van der Waals surface area contributed by atoms with Crippen LogP contribution in [0.2, 0.25) is 0 Å². The summed E-state index contributed by atoms with van der Waals surface area (Å²) in [4.78, 5) is 0. The predicted molar refractivity (Wildman–Crippen MR) is 80.6 cm³/mol. The van der Waals surface area contributed by atoms with Gasteiger partial charge in [-0.15, -0.1) is 4.52 Å². The third kappa shape index (κ3) is 16.1. The third-order valence-corrected chi connectivity index (χ3v) is 3.82. The van der Waals surface area contributed by atoms with Crippen molar-refractivity contribution in [1.29, 1.82) is 0 Å². The maximum Gasteiger partial charge on any atom is 0.504 e. The fourth-order valence-corrected chi connectivity index (χ4v) is 2.52.